The maximum atomic E-state index is 5.45. The number of piperazine rings is 1. The molecule has 4 aromatic rings. The van der Waals surface area contributed by atoms with Crippen LogP contribution in [0.2, 0.25) is 0 Å². The summed E-state index contributed by atoms with van der Waals surface area (Å²) >= 11 is 0. The zero-order valence-corrected chi connectivity index (χ0v) is 17.1. The van der Waals surface area contributed by atoms with E-state index in [0.29, 0.717) is 17.8 Å². The fraction of sp³-hybridized carbons (Fsp3) is 0.364. The van der Waals surface area contributed by atoms with Gasteiger partial charge in [-0.15, -0.1) is 0 Å². The zero-order chi connectivity index (χ0) is 20.6. The Labute approximate surface area is 179 Å². The van der Waals surface area contributed by atoms with Gasteiger partial charge in [-0.2, -0.15) is 4.98 Å². The van der Waals surface area contributed by atoms with Gasteiger partial charge in [-0.3, -0.25) is 4.90 Å². The SMILES string of the molecule is c1cc(CN2CCNCC2)cc(Nc2nc3ccc(-c4nc(C5CC5)no4)cc3[nH]2)n1. The molecule has 9 nitrogen and oxygen atoms in total. The summed E-state index contributed by atoms with van der Waals surface area (Å²) in [6.45, 7) is 5.15. The number of nitrogens with zero attached hydrogens (tertiary/aromatic N) is 5. The number of H-pyrrole nitrogens is 1. The first-order valence-electron chi connectivity index (χ1n) is 10.8. The van der Waals surface area contributed by atoms with Crippen LogP contribution in [0, 0.1) is 0 Å². The molecule has 2 aliphatic rings. The molecule has 6 rings (SSSR count). The van der Waals surface area contributed by atoms with E-state index in [1.807, 2.05) is 24.4 Å². The summed E-state index contributed by atoms with van der Waals surface area (Å²) in [7, 11) is 0. The highest BCUT2D eigenvalue weighted by Gasteiger charge is 2.29. The van der Waals surface area contributed by atoms with Crippen molar-refractivity contribution in [2.45, 2.75) is 25.3 Å². The van der Waals surface area contributed by atoms with Crippen LogP contribution in [0.25, 0.3) is 22.5 Å². The Kier molecular flexibility index (Phi) is 4.62. The lowest BCUT2D eigenvalue weighted by atomic mass is 10.2. The van der Waals surface area contributed by atoms with E-state index in [2.05, 4.69) is 52.8 Å². The third kappa shape index (κ3) is 4.01. The number of benzene rings is 1. The van der Waals surface area contributed by atoms with Crippen LogP contribution in [0.15, 0.2) is 41.1 Å². The number of aromatic nitrogens is 5. The van der Waals surface area contributed by atoms with E-state index >= 15 is 0 Å². The number of pyridine rings is 1. The van der Waals surface area contributed by atoms with Crippen LogP contribution in [0.5, 0.6) is 0 Å². The highest BCUT2D eigenvalue weighted by molar-refractivity contribution is 5.82. The lowest BCUT2D eigenvalue weighted by Crippen LogP contribution is -2.42. The van der Waals surface area contributed by atoms with Crippen molar-refractivity contribution in [2.24, 2.45) is 0 Å². The fourth-order valence-electron chi connectivity index (χ4n) is 3.95. The average molecular weight is 416 g/mol. The van der Waals surface area contributed by atoms with Gasteiger partial charge in [0.1, 0.15) is 5.82 Å². The van der Waals surface area contributed by atoms with Crippen molar-refractivity contribution in [3.8, 4) is 11.5 Å². The molecule has 4 heterocycles. The van der Waals surface area contributed by atoms with Crippen LogP contribution in [0.1, 0.15) is 30.1 Å². The lowest BCUT2D eigenvalue weighted by Gasteiger charge is -2.27. The van der Waals surface area contributed by atoms with E-state index in [0.717, 1.165) is 73.8 Å². The van der Waals surface area contributed by atoms with Gasteiger partial charge in [0.15, 0.2) is 5.82 Å². The smallest absolute Gasteiger partial charge is 0.258 e. The molecule has 1 saturated heterocycles. The number of aromatic amines is 1. The molecule has 0 radical (unpaired) electrons. The Hall–Kier alpha value is -3.30. The molecule has 1 aromatic carbocycles. The van der Waals surface area contributed by atoms with Crippen LogP contribution in [-0.4, -0.2) is 56.2 Å². The van der Waals surface area contributed by atoms with Crippen LogP contribution >= 0.6 is 0 Å². The molecule has 0 spiro atoms. The predicted octanol–water partition coefficient (Wildman–Crippen LogP) is 3.03. The number of hydrogen-bond acceptors (Lipinski definition) is 8. The Morgan fingerprint density at radius 2 is 2.00 bits per heavy atom. The first-order valence-corrected chi connectivity index (χ1v) is 10.8. The van der Waals surface area contributed by atoms with Crippen LogP contribution < -0.4 is 10.6 Å². The van der Waals surface area contributed by atoms with Gasteiger partial charge in [0.05, 0.1) is 11.0 Å². The second-order valence-corrected chi connectivity index (χ2v) is 8.25. The standard InChI is InChI=1S/C22H24N8O/c1-2-15(1)20-28-21(31-29-20)16-3-4-17-18(12-16)26-22(25-17)27-19-11-14(5-6-24-19)13-30-9-7-23-8-10-30/h3-6,11-12,15,23H,1-2,7-10,13H2,(H2,24,25,26,27). The molecular formula is C22H24N8O. The minimum atomic E-state index is 0.471. The number of anilines is 2. The minimum Gasteiger partial charge on any atom is -0.334 e. The summed E-state index contributed by atoms with van der Waals surface area (Å²) in [6.07, 6.45) is 4.14. The van der Waals surface area contributed by atoms with Gasteiger partial charge in [0.25, 0.3) is 5.89 Å². The Morgan fingerprint density at radius 3 is 2.87 bits per heavy atom. The summed E-state index contributed by atoms with van der Waals surface area (Å²) in [4.78, 5) is 19.4. The number of nitrogens with one attached hydrogen (secondary N) is 3. The van der Waals surface area contributed by atoms with Gasteiger partial charge in [-0.25, -0.2) is 9.97 Å². The Bertz CT molecular complexity index is 1210. The molecular weight excluding hydrogens is 392 g/mol. The van der Waals surface area contributed by atoms with Gasteiger partial charge in [0.2, 0.25) is 5.95 Å². The first kappa shape index (κ1) is 18.5. The van der Waals surface area contributed by atoms with E-state index in [1.165, 1.54) is 5.56 Å². The predicted molar refractivity (Wildman–Crippen MR) is 117 cm³/mol. The number of hydrogen-bond donors (Lipinski definition) is 3. The first-order chi connectivity index (χ1) is 15.3. The normalized spacial score (nSPS) is 17.3. The molecule has 1 aliphatic heterocycles. The quantitative estimate of drug-likeness (QED) is 0.440. The molecule has 0 amide bonds. The van der Waals surface area contributed by atoms with Crippen LogP contribution in [-0.2, 0) is 6.54 Å². The molecule has 2 fully saturated rings. The van der Waals surface area contributed by atoms with Gasteiger partial charge in [-0.05, 0) is 48.7 Å². The summed E-state index contributed by atoms with van der Waals surface area (Å²) in [5, 5.41) is 10.8. The van der Waals surface area contributed by atoms with Crippen molar-refractivity contribution in [3.63, 3.8) is 0 Å². The van der Waals surface area contributed by atoms with E-state index in [-0.39, 0.29) is 0 Å². The monoisotopic (exact) mass is 416 g/mol. The van der Waals surface area contributed by atoms with E-state index in [4.69, 9.17) is 4.52 Å². The van der Waals surface area contributed by atoms with Crippen molar-refractivity contribution in [3.05, 3.63) is 47.9 Å². The number of imidazole rings is 1. The van der Waals surface area contributed by atoms with Gasteiger partial charge in [-0.1, -0.05) is 5.16 Å². The van der Waals surface area contributed by atoms with Crippen LogP contribution in [0.3, 0.4) is 0 Å². The van der Waals surface area contributed by atoms with Crippen LogP contribution in [0.4, 0.5) is 11.8 Å². The largest absolute Gasteiger partial charge is 0.334 e. The molecule has 0 atom stereocenters. The summed E-state index contributed by atoms with van der Waals surface area (Å²) in [6, 6.07) is 10.1. The Balaban J connectivity index is 1.19. The highest BCUT2D eigenvalue weighted by Crippen LogP contribution is 2.39. The van der Waals surface area contributed by atoms with Gasteiger partial charge >= 0.3 is 0 Å². The minimum absolute atomic E-state index is 0.471. The van der Waals surface area contributed by atoms with E-state index < -0.39 is 0 Å². The van der Waals surface area contributed by atoms with Crippen molar-refractivity contribution in [1.82, 2.24) is 35.3 Å². The molecule has 3 N–H and O–H groups in total. The van der Waals surface area contributed by atoms with Crippen molar-refractivity contribution in [2.75, 3.05) is 31.5 Å². The molecule has 158 valence electrons. The van der Waals surface area contributed by atoms with E-state index in [9.17, 15) is 0 Å². The third-order valence-electron chi connectivity index (χ3n) is 5.80. The molecule has 1 saturated carbocycles. The molecule has 3 aromatic heterocycles. The number of rotatable bonds is 6. The summed E-state index contributed by atoms with van der Waals surface area (Å²) in [5.74, 6) is 3.27. The average Bonchev–Trinajstić information content (AvgIpc) is 3.38. The van der Waals surface area contributed by atoms with E-state index in [1.54, 1.807) is 0 Å². The summed E-state index contributed by atoms with van der Waals surface area (Å²) in [5.41, 5.74) is 3.90. The van der Waals surface area contributed by atoms with Crippen molar-refractivity contribution < 1.29 is 4.52 Å². The second-order valence-electron chi connectivity index (χ2n) is 8.25. The molecule has 31 heavy (non-hydrogen) atoms. The summed E-state index contributed by atoms with van der Waals surface area (Å²) < 4.78 is 5.45. The zero-order valence-electron chi connectivity index (χ0n) is 17.1. The topological polar surface area (TPSA) is 108 Å². The maximum absolute atomic E-state index is 5.45. The second kappa shape index (κ2) is 7.75. The van der Waals surface area contributed by atoms with Gasteiger partial charge < -0.3 is 20.1 Å². The molecule has 1 aliphatic carbocycles. The number of fused-ring (bicyclic) bond motifs is 1. The Morgan fingerprint density at radius 1 is 1.10 bits per heavy atom. The molecule has 0 bridgehead atoms. The van der Waals surface area contributed by atoms with Crippen molar-refractivity contribution in [1.29, 1.82) is 0 Å². The highest BCUT2D eigenvalue weighted by atomic mass is 16.5. The maximum Gasteiger partial charge on any atom is 0.258 e. The van der Waals surface area contributed by atoms with Crippen molar-refractivity contribution >= 4 is 22.8 Å². The molecule has 9 heteroatoms. The molecule has 0 unspecified atom stereocenters. The van der Waals surface area contributed by atoms with Gasteiger partial charge in [0, 0.05) is 50.4 Å². The lowest BCUT2D eigenvalue weighted by molar-refractivity contribution is 0.233. The fourth-order valence-corrected chi connectivity index (χ4v) is 3.95. The third-order valence-corrected chi connectivity index (χ3v) is 5.80.